The normalized spacial score (nSPS) is 14.1. The third kappa shape index (κ3) is 5.61. The van der Waals surface area contributed by atoms with Crippen molar-refractivity contribution in [1.29, 1.82) is 5.26 Å². The van der Waals surface area contributed by atoms with Crippen LogP contribution in [-0.4, -0.2) is 17.8 Å². The van der Waals surface area contributed by atoms with Gasteiger partial charge in [-0.2, -0.15) is 17.0 Å². The highest BCUT2D eigenvalue weighted by molar-refractivity contribution is 7.98. The quantitative estimate of drug-likeness (QED) is 0.694. The van der Waals surface area contributed by atoms with Crippen molar-refractivity contribution in [1.82, 2.24) is 5.32 Å². The van der Waals surface area contributed by atoms with E-state index in [-0.39, 0.29) is 5.54 Å². The van der Waals surface area contributed by atoms with Crippen molar-refractivity contribution < 1.29 is 4.42 Å². The Kier molecular flexibility index (Phi) is 6.92. The van der Waals surface area contributed by atoms with Crippen LogP contribution < -0.4 is 5.32 Å². The lowest BCUT2D eigenvalue weighted by atomic mass is 9.98. The molecule has 1 N–H and O–H groups in total. The van der Waals surface area contributed by atoms with Crippen LogP contribution in [0.1, 0.15) is 38.9 Å². The van der Waals surface area contributed by atoms with Crippen LogP contribution in [0.2, 0.25) is 0 Å². The van der Waals surface area contributed by atoms with E-state index in [4.69, 9.17) is 4.42 Å². The van der Waals surface area contributed by atoms with E-state index in [1.165, 1.54) is 0 Å². The lowest BCUT2D eigenvalue weighted by Crippen LogP contribution is -2.41. The maximum Gasteiger partial charge on any atom is 0.113 e. The summed E-state index contributed by atoms with van der Waals surface area (Å²) < 4.78 is 5.27. The fraction of sp³-hybridized carbons (Fsp3) is 0.643. The third-order valence-corrected chi connectivity index (χ3v) is 3.87. The van der Waals surface area contributed by atoms with Crippen LogP contribution >= 0.6 is 11.8 Å². The highest BCUT2D eigenvalue weighted by Gasteiger charge is 2.21. The minimum Gasteiger partial charge on any atom is -0.468 e. The first-order valence-corrected chi connectivity index (χ1v) is 7.62. The number of nitrogens with zero attached hydrogens (tertiary/aromatic N) is 1. The monoisotopic (exact) mass is 266 g/mol. The highest BCUT2D eigenvalue weighted by atomic mass is 32.2. The zero-order valence-corrected chi connectivity index (χ0v) is 12.1. The molecule has 0 aliphatic heterocycles. The Morgan fingerprint density at radius 1 is 1.56 bits per heavy atom. The molecule has 0 aromatic carbocycles. The summed E-state index contributed by atoms with van der Waals surface area (Å²) >= 11 is 1.86. The largest absolute Gasteiger partial charge is 0.468 e. The van der Waals surface area contributed by atoms with Crippen LogP contribution in [0.3, 0.4) is 0 Å². The van der Waals surface area contributed by atoms with E-state index in [2.05, 4.69) is 18.3 Å². The van der Waals surface area contributed by atoms with E-state index < -0.39 is 0 Å². The number of nitrogens with one attached hydrogen (secondary N) is 1. The van der Waals surface area contributed by atoms with Gasteiger partial charge in [0.15, 0.2) is 0 Å². The van der Waals surface area contributed by atoms with Crippen molar-refractivity contribution in [3.8, 4) is 6.07 Å². The van der Waals surface area contributed by atoms with E-state index in [0.717, 1.165) is 43.1 Å². The van der Waals surface area contributed by atoms with E-state index in [0.29, 0.717) is 0 Å². The molecule has 0 fully saturated rings. The van der Waals surface area contributed by atoms with Crippen molar-refractivity contribution in [3.63, 3.8) is 0 Å². The van der Waals surface area contributed by atoms with E-state index in [1.807, 2.05) is 30.8 Å². The Labute approximate surface area is 114 Å². The number of hydrogen-bond acceptors (Lipinski definition) is 4. The summed E-state index contributed by atoms with van der Waals surface area (Å²) in [6.45, 7) is 5.01. The van der Waals surface area contributed by atoms with Crippen molar-refractivity contribution in [2.45, 2.75) is 44.4 Å². The lowest BCUT2D eigenvalue weighted by Gasteiger charge is -2.22. The SMILES string of the molecule is CCCNC(C)(C#N)CCCSCc1ccco1. The van der Waals surface area contributed by atoms with Gasteiger partial charge in [-0.05, 0) is 50.6 Å². The van der Waals surface area contributed by atoms with E-state index >= 15 is 0 Å². The zero-order chi connectivity index (χ0) is 13.3. The van der Waals surface area contributed by atoms with Gasteiger partial charge in [0.2, 0.25) is 0 Å². The van der Waals surface area contributed by atoms with Gasteiger partial charge in [0.25, 0.3) is 0 Å². The van der Waals surface area contributed by atoms with Crippen molar-refractivity contribution in [2.75, 3.05) is 12.3 Å². The van der Waals surface area contributed by atoms with Crippen LogP contribution in [-0.2, 0) is 5.75 Å². The molecule has 1 rings (SSSR count). The van der Waals surface area contributed by atoms with Crippen LogP contribution in [0.4, 0.5) is 0 Å². The second kappa shape index (κ2) is 8.23. The molecule has 18 heavy (non-hydrogen) atoms. The van der Waals surface area contributed by atoms with Crippen LogP contribution in [0.15, 0.2) is 22.8 Å². The molecule has 0 bridgehead atoms. The summed E-state index contributed by atoms with van der Waals surface area (Å²) in [5.41, 5.74) is -0.374. The number of hydrogen-bond donors (Lipinski definition) is 1. The van der Waals surface area contributed by atoms with Crippen molar-refractivity contribution >= 4 is 11.8 Å². The highest BCUT2D eigenvalue weighted by Crippen LogP contribution is 2.17. The van der Waals surface area contributed by atoms with Gasteiger partial charge in [0.05, 0.1) is 18.1 Å². The molecule has 0 spiro atoms. The summed E-state index contributed by atoms with van der Waals surface area (Å²) in [6.07, 6.45) is 4.71. The van der Waals surface area contributed by atoms with Gasteiger partial charge in [0, 0.05) is 0 Å². The molecule has 1 atom stereocenters. The first-order chi connectivity index (χ1) is 8.70. The Balaban J connectivity index is 2.13. The molecular weight excluding hydrogens is 244 g/mol. The Morgan fingerprint density at radius 2 is 2.39 bits per heavy atom. The van der Waals surface area contributed by atoms with Gasteiger partial charge in [-0.25, -0.2) is 0 Å². The molecule has 100 valence electrons. The second-order valence-corrected chi connectivity index (χ2v) is 5.71. The fourth-order valence-electron chi connectivity index (χ4n) is 1.68. The first-order valence-electron chi connectivity index (χ1n) is 6.46. The Hall–Kier alpha value is -0.920. The molecule has 0 aliphatic carbocycles. The molecule has 1 heterocycles. The van der Waals surface area contributed by atoms with Gasteiger partial charge in [-0.1, -0.05) is 6.92 Å². The molecule has 0 aliphatic rings. The number of nitriles is 1. The fourth-order valence-corrected chi connectivity index (χ4v) is 2.54. The zero-order valence-electron chi connectivity index (χ0n) is 11.2. The van der Waals surface area contributed by atoms with Gasteiger partial charge >= 0.3 is 0 Å². The molecule has 0 saturated heterocycles. The molecule has 1 unspecified atom stereocenters. The standard InChI is InChI=1S/C14H22N2OS/c1-3-8-16-14(2,12-15)7-5-10-18-11-13-6-4-9-17-13/h4,6,9,16H,3,5,7-8,10-11H2,1-2H3. The Morgan fingerprint density at radius 3 is 3.00 bits per heavy atom. The van der Waals surface area contributed by atoms with Gasteiger partial charge in [-0.15, -0.1) is 0 Å². The van der Waals surface area contributed by atoms with Crippen LogP contribution in [0.25, 0.3) is 0 Å². The summed E-state index contributed by atoms with van der Waals surface area (Å²) in [4.78, 5) is 0. The predicted octanol–water partition coefficient (Wildman–Crippen LogP) is 3.57. The minimum atomic E-state index is -0.374. The van der Waals surface area contributed by atoms with Crippen LogP contribution in [0.5, 0.6) is 0 Å². The topological polar surface area (TPSA) is 49.0 Å². The summed E-state index contributed by atoms with van der Waals surface area (Å²) in [5, 5.41) is 12.5. The molecule has 4 heteroatoms. The summed E-state index contributed by atoms with van der Waals surface area (Å²) in [6, 6.07) is 6.29. The predicted molar refractivity (Wildman–Crippen MR) is 76.4 cm³/mol. The smallest absolute Gasteiger partial charge is 0.113 e. The van der Waals surface area contributed by atoms with Crippen LogP contribution in [0, 0.1) is 11.3 Å². The van der Waals surface area contributed by atoms with Gasteiger partial charge < -0.3 is 4.42 Å². The first kappa shape index (κ1) is 15.1. The molecule has 1 aromatic heterocycles. The van der Waals surface area contributed by atoms with Gasteiger partial charge in [-0.3, -0.25) is 5.32 Å². The molecule has 0 amide bonds. The maximum absolute atomic E-state index is 9.18. The number of rotatable bonds is 9. The number of furan rings is 1. The van der Waals surface area contributed by atoms with Gasteiger partial charge in [0.1, 0.15) is 11.3 Å². The second-order valence-electron chi connectivity index (χ2n) is 4.61. The molecule has 3 nitrogen and oxygen atoms in total. The van der Waals surface area contributed by atoms with E-state index in [9.17, 15) is 5.26 Å². The molecular formula is C14H22N2OS. The Bertz CT molecular complexity index is 358. The average molecular weight is 266 g/mol. The maximum atomic E-state index is 9.18. The van der Waals surface area contributed by atoms with Crippen molar-refractivity contribution in [2.24, 2.45) is 0 Å². The van der Waals surface area contributed by atoms with Crippen molar-refractivity contribution in [3.05, 3.63) is 24.2 Å². The molecule has 1 aromatic rings. The van der Waals surface area contributed by atoms with E-state index in [1.54, 1.807) is 6.26 Å². The molecule has 0 saturated carbocycles. The average Bonchev–Trinajstić information content (AvgIpc) is 2.89. The third-order valence-electron chi connectivity index (χ3n) is 2.80. The minimum absolute atomic E-state index is 0.374. The summed E-state index contributed by atoms with van der Waals surface area (Å²) in [7, 11) is 0. The lowest BCUT2D eigenvalue weighted by molar-refractivity contribution is 0.415. The number of thioether (sulfide) groups is 1. The molecule has 0 radical (unpaired) electrons. The summed E-state index contributed by atoms with van der Waals surface area (Å²) in [5.74, 6) is 3.00.